The lowest BCUT2D eigenvalue weighted by Crippen LogP contribution is -2.58. The maximum atomic E-state index is 10.3. The molecule has 0 amide bonds. The highest BCUT2D eigenvalue weighted by Crippen LogP contribution is 2.37. The molecule has 0 bridgehead atoms. The van der Waals surface area contributed by atoms with Crippen LogP contribution in [-0.4, -0.2) is 77.5 Å². The fourth-order valence-corrected chi connectivity index (χ4v) is 5.79. The summed E-state index contributed by atoms with van der Waals surface area (Å²) in [6.07, 6.45) is 1.35. The smallest absolute Gasteiger partial charge is 0.143 e. The van der Waals surface area contributed by atoms with Crippen LogP contribution in [0.25, 0.3) is 10.7 Å². The van der Waals surface area contributed by atoms with E-state index < -0.39 is 37.1 Å². The SMILES string of the molecule is Cc1nc(-c2cnccn2)sc1C(C)c1cnc(CC2OC(CO)C(O)C(O)C2O)s1. The molecule has 166 valence electrons. The van der Waals surface area contributed by atoms with Crippen molar-refractivity contribution < 1.29 is 25.2 Å². The Balaban J connectivity index is 1.49. The number of hydrogen-bond acceptors (Lipinski definition) is 11. The molecule has 9 nitrogen and oxygen atoms in total. The summed E-state index contributed by atoms with van der Waals surface area (Å²) in [5.74, 6) is 0.0731. The van der Waals surface area contributed by atoms with Crippen molar-refractivity contribution in [2.45, 2.75) is 56.7 Å². The number of rotatable bonds is 6. The van der Waals surface area contributed by atoms with Gasteiger partial charge in [0, 0.05) is 40.7 Å². The highest BCUT2D eigenvalue weighted by Gasteiger charge is 2.43. The van der Waals surface area contributed by atoms with Crippen molar-refractivity contribution in [3.8, 4) is 10.7 Å². The van der Waals surface area contributed by atoms with Gasteiger partial charge in [0.15, 0.2) is 0 Å². The van der Waals surface area contributed by atoms with Gasteiger partial charge in [0.05, 0.1) is 29.6 Å². The lowest BCUT2D eigenvalue weighted by Gasteiger charge is -2.39. The Kier molecular flexibility index (Phi) is 6.72. The molecule has 0 aliphatic carbocycles. The number of aliphatic hydroxyl groups excluding tert-OH is 4. The van der Waals surface area contributed by atoms with Gasteiger partial charge >= 0.3 is 0 Å². The van der Waals surface area contributed by atoms with Gasteiger partial charge in [-0.2, -0.15) is 0 Å². The molecule has 1 saturated heterocycles. The van der Waals surface area contributed by atoms with Gasteiger partial charge in [-0.05, 0) is 6.92 Å². The fraction of sp³-hybridized carbons (Fsp3) is 0.500. The van der Waals surface area contributed by atoms with Crippen LogP contribution in [-0.2, 0) is 11.2 Å². The number of aliphatic hydroxyl groups is 4. The third-order valence-electron chi connectivity index (χ3n) is 5.37. The van der Waals surface area contributed by atoms with E-state index in [1.54, 1.807) is 36.1 Å². The average Bonchev–Trinajstić information content (AvgIpc) is 3.41. The van der Waals surface area contributed by atoms with Crippen LogP contribution in [0.1, 0.15) is 33.3 Å². The molecule has 4 heterocycles. The van der Waals surface area contributed by atoms with Gasteiger partial charge in [-0.25, -0.2) is 9.97 Å². The zero-order chi connectivity index (χ0) is 22.1. The molecule has 0 spiro atoms. The second kappa shape index (κ2) is 9.33. The Hall–Kier alpha value is -1.86. The molecular formula is C20H24N4O5S2. The second-order valence-corrected chi connectivity index (χ2v) is 9.69. The van der Waals surface area contributed by atoms with Crippen molar-refractivity contribution in [3.63, 3.8) is 0 Å². The van der Waals surface area contributed by atoms with Crippen LogP contribution in [0.5, 0.6) is 0 Å². The van der Waals surface area contributed by atoms with Gasteiger partial charge in [-0.1, -0.05) is 6.92 Å². The third kappa shape index (κ3) is 4.53. The first-order valence-electron chi connectivity index (χ1n) is 9.87. The van der Waals surface area contributed by atoms with Crippen LogP contribution in [0.15, 0.2) is 24.8 Å². The van der Waals surface area contributed by atoms with E-state index in [4.69, 9.17) is 4.74 Å². The van der Waals surface area contributed by atoms with Gasteiger partial charge in [-0.3, -0.25) is 9.97 Å². The van der Waals surface area contributed by atoms with Crippen LogP contribution < -0.4 is 0 Å². The zero-order valence-corrected chi connectivity index (χ0v) is 18.6. The van der Waals surface area contributed by atoms with Gasteiger partial charge in [-0.15, -0.1) is 22.7 Å². The van der Waals surface area contributed by atoms with E-state index in [-0.39, 0.29) is 12.3 Å². The largest absolute Gasteiger partial charge is 0.394 e. The summed E-state index contributed by atoms with van der Waals surface area (Å²) >= 11 is 3.07. The molecule has 4 N–H and O–H groups in total. The van der Waals surface area contributed by atoms with E-state index in [9.17, 15) is 20.4 Å². The van der Waals surface area contributed by atoms with Crippen molar-refractivity contribution >= 4 is 22.7 Å². The highest BCUT2D eigenvalue weighted by molar-refractivity contribution is 7.15. The Morgan fingerprint density at radius 2 is 1.81 bits per heavy atom. The fourth-order valence-electron chi connectivity index (χ4n) is 3.60. The van der Waals surface area contributed by atoms with Gasteiger partial charge in [0.1, 0.15) is 35.1 Å². The topological polar surface area (TPSA) is 142 Å². The monoisotopic (exact) mass is 464 g/mol. The maximum absolute atomic E-state index is 10.3. The minimum atomic E-state index is -1.38. The van der Waals surface area contributed by atoms with Gasteiger partial charge < -0.3 is 25.2 Å². The molecule has 6 unspecified atom stereocenters. The van der Waals surface area contributed by atoms with Crippen molar-refractivity contribution in [2.24, 2.45) is 0 Å². The summed E-state index contributed by atoms with van der Waals surface area (Å²) in [6, 6.07) is 0. The summed E-state index contributed by atoms with van der Waals surface area (Å²) in [5.41, 5.74) is 1.67. The predicted octanol–water partition coefficient (Wildman–Crippen LogP) is 0.902. The Morgan fingerprint density at radius 1 is 1.03 bits per heavy atom. The van der Waals surface area contributed by atoms with Crippen LogP contribution in [0, 0.1) is 6.92 Å². The summed E-state index contributed by atoms with van der Waals surface area (Å²) in [4.78, 5) is 19.7. The molecule has 11 heteroatoms. The molecule has 1 aliphatic rings. The summed E-state index contributed by atoms with van der Waals surface area (Å²) in [7, 11) is 0. The molecule has 31 heavy (non-hydrogen) atoms. The summed E-state index contributed by atoms with van der Waals surface area (Å²) in [5, 5.41) is 41.1. The van der Waals surface area contributed by atoms with Gasteiger partial charge in [0.2, 0.25) is 0 Å². The Morgan fingerprint density at radius 3 is 2.52 bits per heavy atom. The molecular weight excluding hydrogens is 440 g/mol. The normalized spacial score (nSPS) is 27.4. The maximum Gasteiger partial charge on any atom is 0.143 e. The van der Waals surface area contributed by atoms with E-state index in [0.717, 1.165) is 31.2 Å². The van der Waals surface area contributed by atoms with Crippen molar-refractivity contribution in [3.05, 3.63) is 45.2 Å². The lowest BCUT2D eigenvalue weighted by molar-refractivity contribution is -0.228. The van der Waals surface area contributed by atoms with E-state index in [0.29, 0.717) is 0 Å². The van der Waals surface area contributed by atoms with Crippen molar-refractivity contribution in [1.82, 2.24) is 19.9 Å². The molecule has 3 aromatic rings. The van der Waals surface area contributed by atoms with E-state index in [2.05, 4.69) is 26.9 Å². The van der Waals surface area contributed by atoms with Crippen molar-refractivity contribution in [1.29, 1.82) is 0 Å². The van der Waals surface area contributed by atoms with Crippen LogP contribution >= 0.6 is 22.7 Å². The number of ether oxygens (including phenoxy) is 1. The molecule has 6 atom stereocenters. The molecule has 0 radical (unpaired) electrons. The first-order valence-corrected chi connectivity index (χ1v) is 11.5. The molecule has 1 aliphatic heterocycles. The van der Waals surface area contributed by atoms with E-state index in [1.807, 2.05) is 6.92 Å². The van der Waals surface area contributed by atoms with E-state index >= 15 is 0 Å². The van der Waals surface area contributed by atoms with Crippen LogP contribution in [0.2, 0.25) is 0 Å². The number of thiazole rings is 2. The van der Waals surface area contributed by atoms with Gasteiger partial charge in [0.25, 0.3) is 0 Å². The summed E-state index contributed by atoms with van der Waals surface area (Å²) < 4.78 is 5.60. The Bertz CT molecular complexity index is 1010. The molecule has 1 fully saturated rings. The van der Waals surface area contributed by atoms with Crippen LogP contribution in [0.4, 0.5) is 0 Å². The van der Waals surface area contributed by atoms with E-state index in [1.165, 1.54) is 11.3 Å². The minimum Gasteiger partial charge on any atom is -0.394 e. The number of aromatic nitrogens is 4. The molecule has 4 rings (SSSR count). The molecule has 0 aromatic carbocycles. The lowest BCUT2D eigenvalue weighted by atomic mass is 9.94. The average molecular weight is 465 g/mol. The highest BCUT2D eigenvalue weighted by atomic mass is 32.1. The molecule has 3 aromatic heterocycles. The Labute approximate surface area is 187 Å². The van der Waals surface area contributed by atoms with Crippen molar-refractivity contribution in [2.75, 3.05) is 6.61 Å². The number of hydrogen-bond donors (Lipinski definition) is 4. The quantitative estimate of drug-likeness (QED) is 0.418. The first-order chi connectivity index (χ1) is 14.9. The minimum absolute atomic E-state index is 0.0731. The second-order valence-electron chi connectivity index (χ2n) is 7.51. The zero-order valence-electron chi connectivity index (χ0n) is 17.0. The molecule has 0 saturated carbocycles. The van der Waals surface area contributed by atoms with Crippen LogP contribution in [0.3, 0.4) is 0 Å². The number of nitrogens with zero attached hydrogens (tertiary/aromatic N) is 4. The summed E-state index contributed by atoms with van der Waals surface area (Å²) in [6.45, 7) is 3.62. The first kappa shape index (κ1) is 22.3. The number of aryl methyl sites for hydroxylation is 1. The third-order valence-corrected chi connectivity index (χ3v) is 7.94. The standard InChI is InChI=1S/C20H24N4O5S2/c1-9(19-10(2)24-20(31-19)11-6-21-3-4-22-11)14-7-23-15(30-14)5-12-16(26)18(28)17(27)13(8-25)29-12/h3-4,6-7,9,12-13,16-18,25-28H,5,8H2,1-2H3. The predicted molar refractivity (Wildman–Crippen MR) is 115 cm³/mol.